The Kier molecular flexibility index (Phi) is 5.46. The normalized spacial score (nSPS) is 13.3. The van der Waals surface area contributed by atoms with Gasteiger partial charge in [-0.1, -0.05) is 35.4 Å². The maximum atomic E-state index is 12.2. The summed E-state index contributed by atoms with van der Waals surface area (Å²) in [4.78, 5) is 3.77. The molecule has 0 aliphatic rings. The van der Waals surface area contributed by atoms with Crippen LogP contribution in [0.5, 0.6) is 0 Å². The van der Waals surface area contributed by atoms with E-state index in [0.29, 0.717) is 6.42 Å². The Morgan fingerprint density at radius 3 is 2.65 bits per heavy atom. The van der Waals surface area contributed by atoms with Crippen molar-refractivity contribution in [2.45, 2.75) is 31.5 Å². The van der Waals surface area contributed by atoms with E-state index in [0.717, 1.165) is 16.7 Å². The van der Waals surface area contributed by atoms with Crippen molar-refractivity contribution in [3.8, 4) is 0 Å². The maximum Gasteiger partial charge on any atom is 0.274 e. The molecular weight excluding hydrogens is 338 g/mol. The quantitative estimate of drug-likeness (QED) is 0.822. The third-order valence-corrected chi connectivity index (χ3v) is 5.35. The molecule has 23 heavy (non-hydrogen) atoms. The van der Waals surface area contributed by atoms with Crippen molar-refractivity contribution in [2.24, 2.45) is 7.05 Å². The number of nitrogens with one attached hydrogen (secondary N) is 1. The van der Waals surface area contributed by atoms with E-state index >= 15 is 0 Å². The summed E-state index contributed by atoms with van der Waals surface area (Å²) < 4.78 is 28.0. The van der Waals surface area contributed by atoms with Crippen LogP contribution in [0.4, 0.5) is 0 Å². The number of aliphatic hydroxyl groups is 1. The van der Waals surface area contributed by atoms with Gasteiger partial charge in [0.15, 0.2) is 0 Å². The van der Waals surface area contributed by atoms with Crippen LogP contribution in [0.3, 0.4) is 0 Å². The first-order valence-electron chi connectivity index (χ1n) is 7.12. The zero-order valence-electron chi connectivity index (χ0n) is 13.2. The summed E-state index contributed by atoms with van der Waals surface area (Å²) in [7, 11) is -2.31. The van der Waals surface area contributed by atoms with Gasteiger partial charge in [-0.05, 0) is 31.4 Å². The Labute approximate surface area is 141 Å². The number of nitrogens with zero attached hydrogens (tertiary/aromatic N) is 2. The number of aliphatic hydroxyl groups excluding tert-OH is 1. The van der Waals surface area contributed by atoms with Crippen LogP contribution in [0, 0.1) is 13.8 Å². The van der Waals surface area contributed by atoms with Crippen LogP contribution in [0.15, 0.2) is 29.6 Å². The maximum absolute atomic E-state index is 12.2. The summed E-state index contributed by atoms with van der Waals surface area (Å²) in [6.45, 7) is 3.87. The second-order valence-electron chi connectivity index (χ2n) is 5.56. The van der Waals surface area contributed by atoms with Crippen LogP contribution < -0.4 is 4.72 Å². The van der Waals surface area contributed by atoms with Gasteiger partial charge in [-0.25, -0.2) is 18.1 Å². The molecule has 2 N–H and O–H groups in total. The van der Waals surface area contributed by atoms with Gasteiger partial charge in [-0.15, -0.1) is 0 Å². The summed E-state index contributed by atoms with van der Waals surface area (Å²) >= 11 is 5.79. The lowest BCUT2D eigenvalue weighted by molar-refractivity contribution is 0.178. The van der Waals surface area contributed by atoms with Crippen LogP contribution in [0.2, 0.25) is 5.15 Å². The van der Waals surface area contributed by atoms with E-state index < -0.39 is 16.1 Å². The van der Waals surface area contributed by atoms with Crippen molar-refractivity contribution in [1.29, 1.82) is 0 Å². The number of aromatic nitrogens is 2. The molecule has 1 aromatic heterocycles. The predicted molar refractivity (Wildman–Crippen MR) is 89.0 cm³/mol. The van der Waals surface area contributed by atoms with Crippen LogP contribution in [-0.2, 0) is 23.5 Å². The second-order valence-corrected chi connectivity index (χ2v) is 7.61. The Bertz CT molecular complexity index is 802. The van der Waals surface area contributed by atoms with Crippen molar-refractivity contribution in [3.63, 3.8) is 0 Å². The van der Waals surface area contributed by atoms with Gasteiger partial charge in [-0.3, -0.25) is 0 Å². The van der Waals surface area contributed by atoms with E-state index in [-0.39, 0.29) is 16.9 Å². The van der Waals surface area contributed by atoms with Gasteiger partial charge in [0.1, 0.15) is 5.15 Å². The number of imidazole rings is 1. The molecule has 1 aromatic carbocycles. The highest BCUT2D eigenvalue weighted by Gasteiger charge is 2.22. The number of sulfonamides is 1. The monoisotopic (exact) mass is 357 g/mol. The van der Waals surface area contributed by atoms with Gasteiger partial charge in [0.25, 0.3) is 10.0 Å². The minimum atomic E-state index is -3.82. The SMILES string of the molecule is Cc1ccc(CC(O)CNS(=O)(=O)c2ncc(Cl)n2C)c(C)c1. The summed E-state index contributed by atoms with van der Waals surface area (Å²) in [5.74, 6) is 0. The molecule has 126 valence electrons. The van der Waals surface area contributed by atoms with E-state index in [9.17, 15) is 13.5 Å². The van der Waals surface area contributed by atoms with Crippen LogP contribution in [-0.4, -0.2) is 35.7 Å². The summed E-state index contributed by atoms with van der Waals surface area (Å²) in [5, 5.41) is 10.1. The van der Waals surface area contributed by atoms with Crippen molar-refractivity contribution >= 4 is 21.6 Å². The number of hydrogen-bond acceptors (Lipinski definition) is 4. The highest BCUT2D eigenvalue weighted by Crippen LogP contribution is 2.15. The molecule has 1 heterocycles. The molecule has 8 heteroatoms. The minimum Gasteiger partial charge on any atom is -0.391 e. The zero-order chi connectivity index (χ0) is 17.2. The lowest BCUT2D eigenvalue weighted by Crippen LogP contribution is -2.34. The topological polar surface area (TPSA) is 84.2 Å². The molecule has 1 unspecified atom stereocenters. The number of rotatable bonds is 6. The second kappa shape index (κ2) is 7.00. The molecule has 2 aromatic rings. The first-order chi connectivity index (χ1) is 10.7. The lowest BCUT2D eigenvalue weighted by atomic mass is 10.0. The van der Waals surface area contributed by atoms with E-state index in [2.05, 4.69) is 9.71 Å². The van der Waals surface area contributed by atoms with E-state index in [1.54, 1.807) is 0 Å². The van der Waals surface area contributed by atoms with E-state index in [1.807, 2.05) is 32.0 Å². The van der Waals surface area contributed by atoms with Crippen molar-refractivity contribution in [1.82, 2.24) is 14.3 Å². The third-order valence-electron chi connectivity index (χ3n) is 3.59. The highest BCUT2D eigenvalue weighted by molar-refractivity contribution is 7.89. The third kappa shape index (κ3) is 4.32. The lowest BCUT2D eigenvalue weighted by Gasteiger charge is -2.14. The Balaban J connectivity index is 2.01. The summed E-state index contributed by atoms with van der Waals surface area (Å²) in [5.41, 5.74) is 3.21. The van der Waals surface area contributed by atoms with Crippen molar-refractivity contribution in [3.05, 3.63) is 46.2 Å². The van der Waals surface area contributed by atoms with Gasteiger partial charge < -0.3 is 9.67 Å². The molecule has 6 nitrogen and oxygen atoms in total. The van der Waals surface area contributed by atoms with Crippen LogP contribution >= 0.6 is 11.6 Å². The van der Waals surface area contributed by atoms with Gasteiger partial charge in [-0.2, -0.15) is 0 Å². The molecule has 0 aliphatic heterocycles. The number of benzene rings is 1. The fourth-order valence-corrected chi connectivity index (χ4v) is 3.66. The molecule has 0 amide bonds. The number of hydrogen-bond donors (Lipinski definition) is 2. The first-order valence-corrected chi connectivity index (χ1v) is 8.98. The van der Waals surface area contributed by atoms with Gasteiger partial charge in [0.2, 0.25) is 5.16 Å². The summed E-state index contributed by atoms with van der Waals surface area (Å²) in [6, 6.07) is 5.94. The smallest absolute Gasteiger partial charge is 0.274 e. The highest BCUT2D eigenvalue weighted by atomic mass is 35.5. The molecule has 0 fully saturated rings. The molecule has 0 spiro atoms. The standard InChI is InChI=1S/C15H20ClN3O3S/c1-10-4-5-12(11(2)6-10)7-13(20)8-18-23(21,22)15-17-9-14(16)19(15)3/h4-6,9,13,18,20H,7-8H2,1-3H3. The average Bonchev–Trinajstić information content (AvgIpc) is 2.81. The first kappa shape index (κ1) is 17.9. The minimum absolute atomic E-state index is 0.0971. The average molecular weight is 358 g/mol. The van der Waals surface area contributed by atoms with Crippen molar-refractivity contribution < 1.29 is 13.5 Å². The molecule has 0 radical (unpaired) electrons. The predicted octanol–water partition coefficient (Wildman–Crippen LogP) is 1.57. The number of halogens is 1. The Morgan fingerprint density at radius 2 is 2.09 bits per heavy atom. The molecular formula is C15H20ClN3O3S. The molecule has 0 aliphatic carbocycles. The fourth-order valence-electron chi connectivity index (χ4n) is 2.29. The molecule has 2 rings (SSSR count). The molecule has 0 saturated carbocycles. The van der Waals surface area contributed by atoms with Crippen LogP contribution in [0.25, 0.3) is 0 Å². The van der Waals surface area contributed by atoms with Crippen molar-refractivity contribution in [2.75, 3.05) is 6.54 Å². The largest absolute Gasteiger partial charge is 0.391 e. The van der Waals surface area contributed by atoms with E-state index in [4.69, 9.17) is 11.6 Å². The van der Waals surface area contributed by atoms with Gasteiger partial charge >= 0.3 is 0 Å². The number of aryl methyl sites for hydroxylation is 2. The van der Waals surface area contributed by atoms with E-state index in [1.165, 1.54) is 17.8 Å². The Morgan fingerprint density at radius 1 is 1.39 bits per heavy atom. The zero-order valence-corrected chi connectivity index (χ0v) is 14.8. The molecule has 0 bridgehead atoms. The fraction of sp³-hybridized carbons (Fsp3) is 0.400. The van der Waals surface area contributed by atoms with Gasteiger partial charge in [0.05, 0.1) is 12.3 Å². The van der Waals surface area contributed by atoms with Crippen LogP contribution in [0.1, 0.15) is 16.7 Å². The Hall–Kier alpha value is -1.41. The molecule has 1 atom stereocenters. The summed E-state index contributed by atoms with van der Waals surface area (Å²) in [6.07, 6.45) is 0.806. The molecule has 0 saturated heterocycles. The van der Waals surface area contributed by atoms with Gasteiger partial charge in [0, 0.05) is 13.6 Å².